The molecule has 0 saturated carbocycles. The Morgan fingerprint density at radius 2 is 1.34 bits per heavy atom. The van der Waals surface area contributed by atoms with Crippen LogP contribution >= 0.6 is 11.8 Å². The molecule has 4 rings (SSSR count). The normalized spacial score (nSPS) is 10.7. The van der Waals surface area contributed by atoms with E-state index in [9.17, 15) is 4.39 Å². The molecule has 1 aromatic heterocycles. The van der Waals surface area contributed by atoms with Gasteiger partial charge in [0.2, 0.25) is 5.16 Å². The number of halogens is 1. The molecule has 0 bridgehead atoms. The van der Waals surface area contributed by atoms with Crippen molar-refractivity contribution in [1.29, 1.82) is 0 Å². The van der Waals surface area contributed by atoms with Crippen LogP contribution in [0, 0.1) is 5.82 Å². The van der Waals surface area contributed by atoms with Crippen molar-refractivity contribution < 1.29 is 9.13 Å². The standard InChI is InChI=1S/C23H18FN3OS/c24-19-13-7-8-14-20(19)28-15-16-29-23-25-21(17-9-3-1-4-10-17)22(26-27-23)18-11-5-2-6-12-18/h1-14H,15-16H2. The highest BCUT2D eigenvalue weighted by molar-refractivity contribution is 7.99. The second kappa shape index (κ2) is 9.30. The van der Waals surface area contributed by atoms with Gasteiger partial charge in [-0.1, -0.05) is 84.6 Å². The van der Waals surface area contributed by atoms with Gasteiger partial charge >= 0.3 is 0 Å². The van der Waals surface area contributed by atoms with Crippen molar-refractivity contribution in [2.24, 2.45) is 0 Å². The molecule has 0 aliphatic carbocycles. The van der Waals surface area contributed by atoms with Crippen LogP contribution in [0.4, 0.5) is 4.39 Å². The van der Waals surface area contributed by atoms with E-state index in [-0.39, 0.29) is 11.6 Å². The van der Waals surface area contributed by atoms with Crippen LogP contribution in [0.3, 0.4) is 0 Å². The molecule has 0 atom stereocenters. The summed E-state index contributed by atoms with van der Waals surface area (Å²) in [6, 6.07) is 26.2. The molecule has 1 heterocycles. The van der Waals surface area contributed by atoms with Gasteiger partial charge in [0, 0.05) is 16.9 Å². The van der Waals surface area contributed by atoms with E-state index in [1.165, 1.54) is 17.8 Å². The molecule has 0 radical (unpaired) electrons. The minimum atomic E-state index is -0.367. The second-order valence-corrected chi connectivity index (χ2v) is 7.21. The number of hydrogen-bond acceptors (Lipinski definition) is 5. The number of rotatable bonds is 7. The number of ether oxygens (including phenoxy) is 1. The summed E-state index contributed by atoms with van der Waals surface area (Å²) < 4.78 is 19.1. The van der Waals surface area contributed by atoms with Gasteiger partial charge < -0.3 is 4.74 Å². The van der Waals surface area contributed by atoms with E-state index < -0.39 is 0 Å². The number of thioether (sulfide) groups is 1. The van der Waals surface area contributed by atoms with Crippen LogP contribution in [0.1, 0.15) is 0 Å². The molecule has 0 saturated heterocycles. The lowest BCUT2D eigenvalue weighted by Gasteiger charge is -2.10. The summed E-state index contributed by atoms with van der Waals surface area (Å²) in [7, 11) is 0. The van der Waals surface area contributed by atoms with E-state index in [2.05, 4.69) is 10.2 Å². The lowest BCUT2D eigenvalue weighted by Crippen LogP contribution is -2.04. The van der Waals surface area contributed by atoms with Crippen molar-refractivity contribution in [3.8, 4) is 28.3 Å². The average Bonchev–Trinajstić information content (AvgIpc) is 2.79. The third kappa shape index (κ3) is 4.78. The first-order valence-corrected chi connectivity index (χ1v) is 10.2. The van der Waals surface area contributed by atoms with Gasteiger partial charge in [-0.05, 0) is 12.1 Å². The van der Waals surface area contributed by atoms with Crippen LogP contribution in [0.15, 0.2) is 90.1 Å². The third-order valence-electron chi connectivity index (χ3n) is 4.17. The molecule has 0 N–H and O–H groups in total. The molecule has 0 fully saturated rings. The molecule has 0 amide bonds. The molecule has 0 unspecified atom stereocenters. The number of nitrogens with zero attached hydrogens (tertiary/aromatic N) is 3. The predicted molar refractivity (Wildman–Crippen MR) is 113 cm³/mol. The molecular weight excluding hydrogens is 385 g/mol. The summed E-state index contributed by atoms with van der Waals surface area (Å²) in [5.74, 6) is 0.458. The van der Waals surface area contributed by atoms with Crippen molar-refractivity contribution in [2.45, 2.75) is 5.16 Å². The van der Waals surface area contributed by atoms with Crippen molar-refractivity contribution in [1.82, 2.24) is 15.2 Å². The Hall–Kier alpha value is -3.25. The Balaban J connectivity index is 1.52. The third-order valence-corrected chi connectivity index (χ3v) is 4.97. The lowest BCUT2D eigenvalue weighted by atomic mass is 10.0. The number of hydrogen-bond donors (Lipinski definition) is 0. The van der Waals surface area contributed by atoms with Gasteiger partial charge in [0.05, 0.1) is 6.61 Å². The van der Waals surface area contributed by atoms with Crippen LogP contribution in [-0.4, -0.2) is 27.5 Å². The van der Waals surface area contributed by atoms with E-state index in [1.807, 2.05) is 60.7 Å². The number of aromatic nitrogens is 3. The summed E-state index contributed by atoms with van der Waals surface area (Å²) in [5.41, 5.74) is 3.46. The highest BCUT2D eigenvalue weighted by Gasteiger charge is 2.13. The first-order chi connectivity index (χ1) is 14.3. The smallest absolute Gasteiger partial charge is 0.209 e. The fraction of sp³-hybridized carbons (Fsp3) is 0.0870. The van der Waals surface area contributed by atoms with Crippen LogP contribution in [0.2, 0.25) is 0 Å². The van der Waals surface area contributed by atoms with Crippen molar-refractivity contribution in [2.75, 3.05) is 12.4 Å². The summed E-state index contributed by atoms with van der Waals surface area (Å²) in [6.07, 6.45) is 0. The van der Waals surface area contributed by atoms with E-state index in [1.54, 1.807) is 18.2 Å². The molecule has 4 aromatic rings. The Labute approximate surface area is 172 Å². The molecule has 29 heavy (non-hydrogen) atoms. The first kappa shape index (κ1) is 19.1. The van der Waals surface area contributed by atoms with Crippen molar-refractivity contribution in [3.63, 3.8) is 0 Å². The van der Waals surface area contributed by atoms with Crippen LogP contribution in [0.5, 0.6) is 5.75 Å². The molecular formula is C23H18FN3OS. The van der Waals surface area contributed by atoms with Gasteiger partial charge in [0.15, 0.2) is 11.6 Å². The van der Waals surface area contributed by atoms with Gasteiger partial charge in [-0.25, -0.2) is 9.37 Å². The van der Waals surface area contributed by atoms with Crippen molar-refractivity contribution >= 4 is 11.8 Å². The Kier molecular flexibility index (Phi) is 6.12. The molecule has 0 spiro atoms. The predicted octanol–water partition coefficient (Wildman–Crippen LogP) is 5.52. The zero-order valence-corrected chi connectivity index (χ0v) is 16.3. The quantitative estimate of drug-likeness (QED) is 0.301. The van der Waals surface area contributed by atoms with Crippen molar-refractivity contribution in [3.05, 3.63) is 90.7 Å². The van der Waals surface area contributed by atoms with E-state index in [0.29, 0.717) is 17.5 Å². The molecule has 144 valence electrons. The van der Waals surface area contributed by atoms with Crippen LogP contribution in [0.25, 0.3) is 22.5 Å². The van der Waals surface area contributed by atoms with Gasteiger partial charge in [-0.2, -0.15) is 0 Å². The van der Waals surface area contributed by atoms with E-state index in [4.69, 9.17) is 9.72 Å². The maximum absolute atomic E-state index is 13.6. The molecule has 6 heteroatoms. The fourth-order valence-electron chi connectivity index (χ4n) is 2.81. The fourth-order valence-corrected chi connectivity index (χ4v) is 3.41. The largest absolute Gasteiger partial charge is 0.490 e. The van der Waals surface area contributed by atoms with Gasteiger partial charge in [0.1, 0.15) is 11.4 Å². The van der Waals surface area contributed by atoms with E-state index >= 15 is 0 Å². The second-order valence-electron chi connectivity index (χ2n) is 6.15. The minimum Gasteiger partial charge on any atom is -0.490 e. The minimum absolute atomic E-state index is 0.247. The van der Waals surface area contributed by atoms with E-state index in [0.717, 1.165) is 22.5 Å². The number of para-hydroxylation sites is 1. The molecule has 3 aromatic carbocycles. The van der Waals surface area contributed by atoms with Gasteiger partial charge in [-0.15, -0.1) is 10.2 Å². The molecule has 0 aliphatic heterocycles. The topological polar surface area (TPSA) is 47.9 Å². The zero-order chi connectivity index (χ0) is 19.9. The highest BCUT2D eigenvalue weighted by atomic mass is 32.2. The van der Waals surface area contributed by atoms with Crippen LogP contribution < -0.4 is 4.74 Å². The van der Waals surface area contributed by atoms with Gasteiger partial charge in [-0.3, -0.25) is 0 Å². The van der Waals surface area contributed by atoms with Crippen LogP contribution in [-0.2, 0) is 0 Å². The average molecular weight is 403 g/mol. The highest BCUT2D eigenvalue weighted by Crippen LogP contribution is 2.29. The SMILES string of the molecule is Fc1ccccc1OCCSc1nnc(-c2ccccc2)c(-c2ccccc2)n1. The monoisotopic (exact) mass is 403 g/mol. The Morgan fingerprint density at radius 3 is 2.03 bits per heavy atom. The maximum Gasteiger partial charge on any atom is 0.209 e. The molecule has 4 nitrogen and oxygen atoms in total. The summed E-state index contributed by atoms with van der Waals surface area (Å²) in [5, 5.41) is 9.27. The Bertz CT molecular complexity index is 1080. The zero-order valence-electron chi connectivity index (χ0n) is 15.5. The maximum atomic E-state index is 13.6. The Morgan fingerprint density at radius 1 is 0.724 bits per heavy atom. The first-order valence-electron chi connectivity index (χ1n) is 9.17. The lowest BCUT2D eigenvalue weighted by molar-refractivity contribution is 0.325. The summed E-state index contributed by atoms with van der Waals surface area (Å²) >= 11 is 1.43. The molecule has 0 aliphatic rings. The van der Waals surface area contributed by atoms with Gasteiger partial charge in [0.25, 0.3) is 0 Å². The summed E-state index contributed by atoms with van der Waals surface area (Å²) in [4.78, 5) is 4.74. The number of benzene rings is 3. The summed E-state index contributed by atoms with van der Waals surface area (Å²) in [6.45, 7) is 0.343.